The molecule has 0 atom stereocenters. The molecule has 0 N–H and O–H groups in total. The van der Waals surface area contributed by atoms with Gasteiger partial charge in [-0.25, -0.2) is 15.0 Å². The summed E-state index contributed by atoms with van der Waals surface area (Å²) in [4.78, 5) is 25.2. The van der Waals surface area contributed by atoms with Gasteiger partial charge in [0.2, 0.25) is 17.7 Å². The molecule has 8 nitrogen and oxygen atoms in total. The van der Waals surface area contributed by atoms with Gasteiger partial charge in [0.25, 0.3) is 0 Å². The fourth-order valence-corrected chi connectivity index (χ4v) is 9.82. The van der Waals surface area contributed by atoms with E-state index in [0.717, 1.165) is 111 Å². The summed E-state index contributed by atoms with van der Waals surface area (Å²) in [5, 5.41) is 2.28. The van der Waals surface area contributed by atoms with Gasteiger partial charge in [0, 0.05) is 33.0 Å². The standard InChI is InChI=1S/C65H40N6O2/c1-3-11-49(12-4-1)63-66-55-39-51(35-37-59(55)72-63)45-23-19-41(20-24-45)43-27-31-47(32-28-43)61-68-62(70-65(69-61)71-57-17-9-7-15-53(57)54-16-8-10-18-58(54)71)48-33-29-44(30-34-48)42-21-25-46(26-22-42)52-36-38-60-56(40-52)67-64(73-60)50-13-5-2-6-14-50/h1-40H. The highest BCUT2D eigenvalue weighted by Gasteiger charge is 2.19. The molecule has 0 fully saturated rings. The first-order valence-corrected chi connectivity index (χ1v) is 24.2. The van der Waals surface area contributed by atoms with E-state index in [0.29, 0.717) is 29.4 Å². The van der Waals surface area contributed by atoms with Crippen LogP contribution in [0.3, 0.4) is 0 Å². The van der Waals surface area contributed by atoms with Crippen LogP contribution in [0.15, 0.2) is 251 Å². The summed E-state index contributed by atoms with van der Waals surface area (Å²) in [6, 6.07) is 83.3. The molecule has 14 rings (SSSR count). The lowest BCUT2D eigenvalue weighted by molar-refractivity contribution is 0.619. The van der Waals surface area contributed by atoms with Gasteiger partial charge in [-0.05, 0) is 105 Å². The number of hydrogen-bond acceptors (Lipinski definition) is 7. The Balaban J connectivity index is 0.767. The van der Waals surface area contributed by atoms with Crippen molar-refractivity contribution in [2.75, 3.05) is 0 Å². The third-order valence-corrected chi connectivity index (χ3v) is 13.6. The fraction of sp³-hybridized carbons (Fsp3) is 0. The van der Waals surface area contributed by atoms with Gasteiger partial charge in [0.15, 0.2) is 22.8 Å². The van der Waals surface area contributed by atoms with E-state index in [4.69, 9.17) is 33.8 Å². The van der Waals surface area contributed by atoms with E-state index >= 15 is 0 Å². The third-order valence-electron chi connectivity index (χ3n) is 13.6. The van der Waals surface area contributed by atoms with Gasteiger partial charge >= 0.3 is 0 Å². The number of rotatable bonds is 9. The topological polar surface area (TPSA) is 95.7 Å². The summed E-state index contributed by atoms with van der Waals surface area (Å²) < 4.78 is 14.3. The normalized spacial score (nSPS) is 11.6. The Labute approximate surface area is 419 Å². The van der Waals surface area contributed by atoms with Crippen LogP contribution in [0, 0.1) is 0 Å². The molecule has 0 saturated heterocycles. The number of oxazole rings is 2. The average molecular weight is 937 g/mol. The van der Waals surface area contributed by atoms with E-state index in [2.05, 4.69) is 174 Å². The molecule has 0 aliphatic heterocycles. The van der Waals surface area contributed by atoms with Crippen LogP contribution in [-0.2, 0) is 0 Å². The minimum absolute atomic E-state index is 0.553. The number of para-hydroxylation sites is 2. The number of nitrogens with zero attached hydrogens (tertiary/aromatic N) is 6. The van der Waals surface area contributed by atoms with Crippen LogP contribution in [0.4, 0.5) is 0 Å². The van der Waals surface area contributed by atoms with Gasteiger partial charge in [-0.15, -0.1) is 0 Å². The Morgan fingerprint density at radius 3 is 0.986 bits per heavy atom. The van der Waals surface area contributed by atoms with Crippen molar-refractivity contribution >= 4 is 44.0 Å². The van der Waals surface area contributed by atoms with Crippen molar-refractivity contribution in [1.82, 2.24) is 29.5 Å². The zero-order chi connectivity index (χ0) is 48.2. The lowest BCUT2D eigenvalue weighted by atomic mass is 9.99. The van der Waals surface area contributed by atoms with E-state index in [1.807, 2.05) is 72.8 Å². The summed E-state index contributed by atoms with van der Waals surface area (Å²) in [5.41, 5.74) is 17.7. The second-order valence-corrected chi connectivity index (χ2v) is 18.1. The van der Waals surface area contributed by atoms with E-state index in [9.17, 15) is 0 Å². The lowest BCUT2D eigenvalue weighted by Crippen LogP contribution is -2.06. The fourth-order valence-electron chi connectivity index (χ4n) is 9.82. The predicted molar refractivity (Wildman–Crippen MR) is 293 cm³/mol. The molecule has 73 heavy (non-hydrogen) atoms. The van der Waals surface area contributed by atoms with Crippen LogP contribution in [0.1, 0.15) is 0 Å². The maximum absolute atomic E-state index is 6.07. The van der Waals surface area contributed by atoms with Crippen molar-refractivity contribution in [3.63, 3.8) is 0 Å². The van der Waals surface area contributed by atoms with Gasteiger partial charge in [0.1, 0.15) is 11.0 Å². The molecule has 0 spiro atoms. The first-order valence-electron chi connectivity index (χ1n) is 24.2. The highest BCUT2D eigenvalue weighted by Crippen LogP contribution is 2.36. The number of hydrogen-bond donors (Lipinski definition) is 0. The summed E-state index contributed by atoms with van der Waals surface area (Å²) in [6.07, 6.45) is 0. The van der Waals surface area contributed by atoms with Crippen LogP contribution >= 0.6 is 0 Å². The van der Waals surface area contributed by atoms with Crippen molar-refractivity contribution in [2.45, 2.75) is 0 Å². The molecule has 10 aromatic carbocycles. The van der Waals surface area contributed by atoms with Gasteiger partial charge in [0.05, 0.1) is 11.0 Å². The number of benzene rings is 10. The van der Waals surface area contributed by atoms with Crippen molar-refractivity contribution in [1.29, 1.82) is 0 Å². The molecule has 0 bridgehead atoms. The van der Waals surface area contributed by atoms with Crippen LogP contribution in [0.25, 0.3) is 140 Å². The Bertz CT molecular complexity index is 4060. The molecular weight excluding hydrogens is 897 g/mol. The summed E-state index contributed by atoms with van der Waals surface area (Å²) in [5.74, 6) is 2.96. The molecular formula is C65H40N6O2. The van der Waals surface area contributed by atoms with Gasteiger partial charge in [-0.3, -0.25) is 4.57 Å². The van der Waals surface area contributed by atoms with Crippen LogP contribution in [0.2, 0.25) is 0 Å². The van der Waals surface area contributed by atoms with Crippen LogP contribution in [-0.4, -0.2) is 29.5 Å². The molecule has 0 aliphatic carbocycles. The van der Waals surface area contributed by atoms with E-state index in [1.54, 1.807) is 0 Å². The highest BCUT2D eigenvalue weighted by molar-refractivity contribution is 6.09. The van der Waals surface area contributed by atoms with E-state index < -0.39 is 0 Å². The molecule has 0 radical (unpaired) electrons. The zero-order valence-corrected chi connectivity index (χ0v) is 39.1. The van der Waals surface area contributed by atoms with Crippen LogP contribution in [0.5, 0.6) is 0 Å². The summed E-state index contributed by atoms with van der Waals surface area (Å²) in [7, 11) is 0. The van der Waals surface area contributed by atoms with Crippen LogP contribution < -0.4 is 0 Å². The van der Waals surface area contributed by atoms with Gasteiger partial charge < -0.3 is 8.83 Å². The molecule has 0 aliphatic rings. The molecule has 0 saturated carbocycles. The molecule has 8 heteroatoms. The van der Waals surface area contributed by atoms with Crippen molar-refractivity contribution < 1.29 is 8.83 Å². The first-order chi connectivity index (χ1) is 36.1. The molecule has 342 valence electrons. The zero-order valence-electron chi connectivity index (χ0n) is 39.1. The minimum Gasteiger partial charge on any atom is -0.436 e. The van der Waals surface area contributed by atoms with E-state index in [1.165, 1.54) is 0 Å². The van der Waals surface area contributed by atoms with E-state index in [-0.39, 0.29) is 0 Å². The molecule has 4 aromatic heterocycles. The molecule has 0 amide bonds. The molecule has 0 unspecified atom stereocenters. The maximum Gasteiger partial charge on any atom is 0.238 e. The summed E-state index contributed by atoms with van der Waals surface area (Å²) >= 11 is 0. The smallest absolute Gasteiger partial charge is 0.238 e. The SMILES string of the molecule is c1ccc(-c2nc3cc(-c4ccc(-c5ccc(-c6nc(-c7ccc(-c8ccc(-c9ccc%10oc(-c%11ccccc%11)nc%10c9)cc8)cc7)nc(-n7c8ccccc8c8ccccc87)n6)cc5)cc4)ccc3o2)cc1. The highest BCUT2D eigenvalue weighted by atomic mass is 16.4. The second kappa shape index (κ2) is 17.4. The first kappa shape index (κ1) is 41.9. The predicted octanol–water partition coefficient (Wildman–Crippen LogP) is 16.6. The second-order valence-electron chi connectivity index (χ2n) is 18.1. The van der Waals surface area contributed by atoms with Crippen molar-refractivity contribution in [3.05, 3.63) is 243 Å². The average Bonchev–Trinajstić information content (AvgIpc) is 4.20. The maximum atomic E-state index is 6.07. The summed E-state index contributed by atoms with van der Waals surface area (Å²) in [6.45, 7) is 0. The van der Waals surface area contributed by atoms with Gasteiger partial charge in [-0.2, -0.15) is 9.97 Å². The Kier molecular flexibility index (Phi) is 9.99. The van der Waals surface area contributed by atoms with Crippen molar-refractivity contribution in [3.8, 4) is 96.1 Å². The Morgan fingerprint density at radius 1 is 0.260 bits per heavy atom. The quantitative estimate of drug-likeness (QED) is 0.142. The third kappa shape index (κ3) is 7.71. The largest absolute Gasteiger partial charge is 0.436 e. The lowest BCUT2D eigenvalue weighted by Gasteiger charge is -2.12. The minimum atomic E-state index is 0.553. The molecule has 4 heterocycles. The van der Waals surface area contributed by atoms with Crippen molar-refractivity contribution in [2.24, 2.45) is 0 Å². The molecule has 14 aromatic rings. The van der Waals surface area contributed by atoms with Gasteiger partial charge in [-0.1, -0.05) is 182 Å². The Morgan fingerprint density at radius 2 is 0.589 bits per heavy atom. The number of fused-ring (bicyclic) bond motifs is 5. The Hall–Kier alpha value is -10.1. The number of aromatic nitrogens is 6. The monoisotopic (exact) mass is 936 g/mol.